The van der Waals surface area contributed by atoms with Crippen molar-refractivity contribution in [2.45, 2.75) is 25.7 Å². The Morgan fingerprint density at radius 2 is 2.19 bits per heavy atom. The zero-order valence-corrected chi connectivity index (χ0v) is 9.08. The first kappa shape index (κ1) is 10.9. The van der Waals surface area contributed by atoms with Gasteiger partial charge in [-0.25, -0.2) is 4.39 Å². The van der Waals surface area contributed by atoms with Crippen molar-refractivity contribution in [2.24, 2.45) is 5.92 Å². The van der Waals surface area contributed by atoms with Crippen LogP contribution >= 0.6 is 0 Å². The van der Waals surface area contributed by atoms with Gasteiger partial charge < -0.3 is 4.74 Å². The van der Waals surface area contributed by atoms with E-state index in [-0.39, 0.29) is 12.2 Å². The molecular weight excluding hydrogens is 205 g/mol. The van der Waals surface area contributed by atoms with Crippen LogP contribution in [0.4, 0.5) is 4.39 Å². The fraction of sp³-hybridized carbons (Fsp3) is 0.462. The maximum Gasteiger partial charge on any atom is 0.127 e. The Morgan fingerprint density at radius 1 is 1.38 bits per heavy atom. The SMILES string of the molecule is N#CCc1cc(F)cc(OCC2CCC2)c1. The number of benzene rings is 1. The van der Waals surface area contributed by atoms with Gasteiger partial charge in [0.15, 0.2) is 0 Å². The van der Waals surface area contributed by atoms with Gasteiger partial charge in [0.2, 0.25) is 0 Å². The Morgan fingerprint density at radius 3 is 2.81 bits per heavy atom. The van der Waals surface area contributed by atoms with Crippen LogP contribution in [0.2, 0.25) is 0 Å². The van der Waals surface area contributed by atoms with Crippen LogP contribution in [0.25, 0.3) is 0 Å². The lowest BCUT2D eigenvalue weighted by Crippen LogP contribution is -2.19. The summed E-state index contributed by atoms with van der Waals surface area (Å²) in [7, 11) is 0. The van der Waals surface area contributed by atoms with Gasteiger partial charge in [-0.2, -0.15) is 5.26 Å². The second-order valence-corrected chi connectivity index (χ2v) is 4.24. The van der Waals surface area contributed by atoms with E-state index < -0.39 is 0 Å². The van der Waals surface area contributed by atoms with Crippen LogP contribution in [0.1, 0.15) is 24.8 Å². The van der Waals surface area contributed by atoms with Crippen LogP contribution in [-0.2, 0) is 6.42 Å². The molecule has 0 radical (unpaired) electrons. The van der Waals surface area contributed by atoms with Crippen molar-refractivity contribution in [3.8, 4) is 11.8 Å². The quantitative estimate of drug-likeness (QED) is 0.779. The molecule has 3 heteroatoms. The predicted molar refractivity (Wildman–Crippen MR) is 58.6 cm³/mol. The third kappa shape index (κ3) is 2.73. The molecule has 1 fully saturated rings. The maximum absolute atomic E-state index is 13.2. The van der Waals surface area contributed by atoms with Crippen LogP contribution in [0.5, 0.6) is 5.75 Å². The average Bonchev–Trinajstić information content (AvgIpc) is 2.14. The van der Waals surface area contributed by atoms with Crippen molar-refractivity contribution in [1.29, 1.82) is 5.26 Å². The van der Waals surface area contributed by atoms with E-state index in [2.05, 4.69) is 0 Å². The van der Waals surface area contributed by atoms with Crippen molar-refractivity contribution in [2.75, 3.05) is 6.61 Å². The third-order valence-corrected chi connectivity index (χ3v) is 2.92. The topological polar surface area (TPSA) is 33.0 Å². The van der Waals surface area contributed by atoms with E-state index in [0.29, 0.717) is 23.8 Å². The number of hydrogen-bond donors (Lipinski definition) is 0. The largest absolute Gasteiger partial charge is 0.493 e. The molecule has 2 rings (SSSR count). The Kier molecular flexibility index (Phi) is 3.40. The van der Waals surface area contributed by atoms with Crippen LogP contribution in [0.15, 0.2) is 18.2 Å². The van der Waals surface area contributed by atoms with Crippen molar-refractivity contribution >= 4 is 0 Å². The second-order valence-electron chi connectivity index (χ2n) is 4.24. The number of nitriles is 1. The molecule has 0 N–H and O–H groups in total. The molecule has 0 heterocycles. The van der Waals surface area contributed by atoms with Gasteiger partial charge in [0.1, 0.15) is 11.6 Å². The van der Waals surface area contributed by atoms with E-state index in [0.717, 1.165) is 0 Å². The normalized spacial score (nSPS) is 15.2. The monoisotopic (exact) mass is 219 g/mol. The van der Waals surface area contributed by atoms with E-state index >= 15 is 0 Å². The van der Waals surface area contributed by atoms with Crippen LogP contribution in [0, 0.1) is 23.1 Å². The molecule has 84 valence electrons. The summed E-state index contributed by atoms with van der Waals surface area (Å²) in [5, 5.41) is 8.55. The number of rotatable bonds is 4. The zero-order valence-electron chi connectivity index (χ0n) is 9.08. The molecule has 1 aromatic rings. The molecule has 0 amide bonds. The van der Waals surface area contributed by atoms with Gasteiger partial charge in [0.05, 0.1) is 19.1 Å². The fourth-order valence-corrected chi connectivity index (χ4v) is 1.77. The lowest BCUT2D eigenvalue weighted by molar-refractivity contribution is 0.180. The minimum Gasteiger partial charge on any atom is -0.493 e. The molecule has 0 aliphatic heterocycles. The van der Waals surface area contributed by atoms with E-state index in [1.165, 1.54) is 31.4 Å². The van der Waals surface area contributed by atoms with Crippen LogP contribution in [0.3, 0.4) is 0 Å². The van der Waals surface area contributed by atoms with E-state index in [9.17, 15) is 4.39 Å². The highest BCUT2D eigenvalue weighted by Gasteiger charge is 2.18. The van der Waals surface area contributed by atoms with E-state index in [4.69, 9.17) is 10.00 Å². The molecule has 0 bridgehead atoms. The van der Waals surface area contributed by atoms with Crippen LogP contribution < -0.4 is 4.74 Å². The van der Waals surface area contributed by atoms with Gasteiger partial charge in [-0.15, -0.1) is 0 Å². The molecule has 1 aliphatic rings. The van der Waals surface area contributed by atoms with Gasteiger partial charge in [-0.05, 0) is 36.5 Å². The molecule has 1 saturated carbocycles. The molecule has 0 atom stereocenters. The smallest absolute Gasteiger partial charge is 0.127 e. The van der Waals surface area contributed by atoms with Crippen molar-refractivity contribution in [1.82, 2.24) is 0 Å². The maximum atomic E-state index is 13.2. The molecule has 16 heavy (non-hydrogen) atoms. The number of nitrogens with zero attached hydrogens (tertiary/aromatic N) is 1. The van der Waals surface area contributed by atoms with Crippen molar-refractivity contribution in [3.63, 3.8) is 0 Å². The lowest BCUT2D eigenvalue weighted by Gasteiger charge is -2.25. The highest BCUT2D eigenvalue weighted by molar-refractivity contribution is 5.31. The first-order valence-electron chi connectivity index (χ1n) is 5.57. The van der Waals surface area contributed by atoms with Gasteiger partial charge in [0, 0.05) is 6.07 Å². The highest BCUT2D eigenvalue weighted by Crippen LogP contribution is 2.27. The number of hydrogen-bond acceptors (Lipinski definition) is 2. The lowest BCUT2D eigenvalue weighted by atomic mass is 9.86. The molecule has 1 aliphatic carbocycles. The molecule has 1 aromatic carbocycles. The molecule has 0 spiro atoms. The first-order valence-corrected chi connectivity index (χ1v) is 5.57. The third-order valence-electron chi connectivity index (χ3n) is 2.92. The zero-order chi connectivity index (χ0) is 11.4. The molecule has 0 unspecified atom stereocenters. The van der Waals surface area contributed by atoms with E-state index in [1.807, 2.05) is 6.07 Å². The Balaban J connectivity index is 1.99. The van der Waals surface area contributed by atoms with Crippen LogP contribution in [-0.4, -0.2) is 6.61 Å². The average molecular weight is 219 g/mol. The van der Waals surface area contributed by atoms with E-state index in [1.54, 1.807) is 6.07 Å². The summed E-state index contributed by atoms with van der Waals surface area (Å²) in [5.41, 5.74) is 0.672. The minimum atomic E-state index is -0.337. The molecular formula is C13H14FNO. The summed E-state index contributed by atoms with van der Waals surface area (Å²) in [6, 6.07) is 6.49. The summed E-state index contributed by atoms with van der Waals surface area (Å²) in [6.07, 6.45) is 3.91. The standard InChI is InChI=1S/C13H14FNO/c14-12-6-11(4-5-15)7-13(8-12)16-9-10-2-1-3-10/h6-8,10H,1-4,9H2. The summed E-state index contributed by atoms with van der Waals surface area (Å²) in [4.78, 5) is 0. The van der Waals surface area contributed by atoms with Gasteiger partial charge >= 0.3 is 0 Å². The fourth-order valence-electron chi connectivity index (χ4n) is 1.77. The van der Waals surface area contributed by atoms with Gasteiger partial charge in [0.25, 0.3) is 0 Å². The Bertz CT molecular complexity index is 407. The highest BCUT2D eigenvalue weighted by atomic mass is 19.1. The second kappa shape index (κ2) is 4.98. The molecule has 0 saturated heterocycles. The first-order chi connectivity index (χ1) is 7.78. The van der Waals surface area contributed by atoms with Crippen molar-refractivity contribution < 1.29 is 9.13 Å². The Labute approximate surface area is 94.7 Å². The minimum absolute atomic E-state index is 0.220. The predicted octanol–water partition coefficient (Wildman–Crippen LogP) is 3.07. The molecule has 0 aromatic heterocycles. The summed E-state index contributed by atoms with van der Waals surface area (Å²) in [6.45, 7) is 0.662. The summed E-state index contributed by atoms with van der Waals surface area (Å²) in [5.74, 6) is 0.830. The van der Waals surface area contributed by atoms with Crippen molar-refractivity contribution in [3.05, 3.63) is 29.6 Å². The summed E-state index contributed by atoms with van der Waals surface area (Å²) >= 11 is 0. The summed E-state index contributed by atoms with van der Waals surface area (Å²) < 4.78 is 18.7. The van der Waals surface area contributed by atoms with Gasteiger partial charge in [-0.1, -0.05) is 6.42 Å². The number of ether oxygens (including phenoxy) is 1. The van der Waals surface area contributed by atoms with Gasteiger partial charge in [-0.3, -0.25) is 0 Å². The molecule has 2 nitrogen and oxygen atoms in total. The Hall–Kier alpha value is -1.56. The number of halogens is 1.